The largest absolute Gasteiger partial charge is 0.385 e. The highest BCUT2D eigenvalue weighted by Crippen LogP contribution is 2.43. The molecule has 0 aliphatic heterocycles. The number of hydrogen-bond donors (Lipinski definition) is 1. The van der Waals surface area contributed by atoms with Gasteiger partial charge in [0.05, 0.1) is 5.60 Å². The van der Waals surface area contributed by atoms with Gasteiger partial charge < -0.3 is 5.11 Å². The van der Waals surface area contributed by atoms with Gasteiger partial charge in [-0.3, -0.25) is 0 Å². The number of hydrogen-bond acceptors (Lipinski definition) is 1. The monoisotopic (exact) mass is 204 g/mol. The van der Waals surface area contributed by atoms with E-state index in [-0.39, 0.29) is 0 Å². The summed E-state index contributed by atoms with van der Waals surface area (Å²) in [7, 11) is 0. The lowest BCUT2D eigenvalue weighted by atomic mass is 9.71. The topological polar surface area (TPSA) is 20.2 Å². The Bertz CT molecular complexity index is 352. The van der Waals surface area contributed by atoms with E-state index in [0.29, 0.717) is 11.8 Å². The van der Waals surface area contributed by atoms with E-state index < -0.39 is 5.60 Å². The highest BCUT2D eigenvalue weighted by atomic mass is 16.3. The van der Waals surface area contributed by atoms with Crippen LogP contribution in [0.2, 0.25) is 0 Å². The minimum atomic E-state index is -0.623. The Balaban J connectivity index is 2.49. The van der Waals surface area contributed by atoms with E-state index in [1.165, 1.54) is 5.56 Å². The SMILES string of the molecule is CC(C)[C@@H]1CC[C@](C)(O)c2ccccc21. The molecule has 0 heterocycles. The fraction of sp³-hybridized carbons (Fsp3) is 0.571. The van der Waals surface area contributed by atoms with Gasteiger partial charge in [-0.2, -0.15) is 0 Å². The summed E-state index contributed by atoms with van der Waals surface area (Å²) < 4.78 is 0. The van der Waals surface area contributed by atoms with Crippen molar-refractivity contribution < 1.29 is 5.11 Å². The molecule has 0 saturated carbocycles. The van der Waals surface area contributed by atoms with Crippen LogP contribution in [0.25, 0.3) is 0 Å². The first kappa shape index (κ1) is 10.7. The molecule has 2 atom stereocenters. The van der Waals surface area contributed by atoms with Crippen LogP contribution in [0.5, 0.6) is 0 Å². The third-order valence-electron chi connectivity index (χ3n) is 3.69. The first-order chi connectivity index (χ1) is 7.02. The van der Waals surface area contributed by atoms with Gasteiger partial charge >= 0.3 is 0 Å². The molecule has 82 valence electrons. The van der Waals surface area contributed by atoms with Crippen molar-refractivity contribution in [3.05, 3.63) is 35.4 Å². The van der Waals surface area contributed by atoms with Crippen LogP contribution >= 0.6 is 0 Å². The average molecular weight is 204 g/mol. The summed E-state index contributed by atoms with van der Waals surface area (Å²) in [6.45, 7) is 6.46. The van der Waals surface area contributed by atoms with Gasteiger partial charge in [-0.05, 0) is 42.7 Å². The van der Waals surface area contributed by atoms with E-state index >= 15 is 0 Å². The zero-order valence-corrected chi connectivity index (χ0v) is 9.83. The Morgan fingerprint density at radius 3 is 2.67 bits per heavy atom. The summed E-state index contributed by atoms with van der Waals surface area (Å²) in [6.07, 6.45) is 1.98. The second-order valence-corrected chi connectivity index (χ2v) is 5.25. The molecule has 2 rings (SSSR count). The van der Waals surface area contributed by atoms with Crippen molar-refractivity contribution in [2.24, 2.45) is 5.92 Å². The van der Waals surface area contributed by atoms with Crippen molar-refractivity contribution in [3.63, 3.8) is 0 Å². The zero-order valence-electron chi connectivity index (χ0n) is 9.83. The molecule has 0 unspecified atom stereocenters. The summed E-state index contributed by atoms with van der Waals surface area (Å²) >= 11 is 0. The quantitative estimate of drug-likeness (QED) is 0.743. The summed E-state index contributed by atoms with van der Waals surface area (Å²) in [5.74, 6) is 1.27. The molecule has 1 aliphatic carbocycles. The van der Waals surface area contributed by atoms with E-state index in [1.807, 2.05) is 13.0 Å². The molecular weight excluding hydrogens is 184 g/mol. The third kappa shape index (κ3) is 1.81. The van der Waals surface area contributed by atoms with Gasteiger partial charge in [0.25, 0.3) is 0 Å². The van der Waals surface area contributed by atoms with Gasteiger partial charge in [-0.15, -0.1) is 0 Å². The predicted octanol–water partition coefficient (Wildman–Crippen LogP) is 3.43. The van der Waals surface area contributed by atoms with Crippen molar-refractivity contribution in [3.8, 4) is 0 Å². The Kier molecular flexibility index (Phi) is 2.59. The molecule has 0 amide bonds. The van der Waals surface area contributed by atoms with Crippen LogP contribution in [0.15, 0.2) is 24.3 Å². The first-order valence-corrected chi connectivity index (χ1v) is 5.84. The molecule has 1 heteroatoms. The third-order valence-corrected chi connectivity index (χ3v) is 3.69. The van der Waals surface area contributed by atoms with Crippen LogP contribution in [0.3, 0.4) is 0 Å². The van der Waals surface area contributed by atoms with Crippen molar-refractivity contribution in [1.82, 2.24) is 0 Å². The lowest BCUT2D eigenvalue weighted by Crippen LogP contribution is -2.30. The summed E-state index contributed by atoms with van der Waals surface area (Å²) in [5.41, 5.74) is 1.86. The maximum Gasteiger partial charge on any atom is 0.0871 e. The van der Waals surface area contributed by atoms with Crippen molar-refractivity contribution in [1.29, 1.82) is 0 Å². The Hall–Kier alpha value is -0.820. The summed E-state index contributed by atoms with van der Waals surface area (Å²) in [5, 5.41) is 10.3. The van der Waals surface area contributed by atoms with Crippen LogP contribution in [0.4, 0.5) is 0 Å². The molecule has 1 aliphatic rings. The molecule has 0 fully saturated rings. The molecule has 1 aromatic rings. The highest BCUT2D eigenvalue weighted by molar-refractivity contribution is 5.37. The standard InChI is InChI=1S/C14H20O/c1-10(2)11-8-9-14(3,15)13-7-5-4-6-12(11)13/h4-7,10-11,15H,8-9H2,1-3H3/t11-,14-/m0/s1. The fourth-order valence-electron chi connectivity index (χ4n) is 2.73. The highest BCUT2D eigenvalue weighted by Gasteiger charge is 2.34. The molecule has 1 N–H and O–H groups in total. The Labute approximate surface area is 92.1 Å². The van der Waals surface area contributed by atoms with Gasteiger partial charge in [0.15, 0.2) is 0 Å². The molecule has 0 radical (unpaired) electrons. The molecule has 0 bridgehead atoms. The van der Waals surface area contributed by atoms with Gasteiger partial charge in [-0.1, -0.05) is 38.1 Å². The first-order valence-electron chi connectivity index (χ1n) is 5.84. The van der Waals surface area contributed by atoms with E-state index in [1.54, 1.807) is 0 Å². The molecular formula is C14H20O. The van der Waals surface area contributed by atoms with Crippen molar-refractivity contribution in [2.75, 3.05) is 0 Å². The molecule has 1 nitrogen and oxygen atoms in total. The number of rotatable bonds is 1. The fourth-order valence-corrected chi connectivity index (χ4v) is 2.73. The lowest BCUT2D eigenvalue weighted by molar-refractivity contribution is 0.0319. The number of benzene rings is 1. The summed E-state index contributed by atoms with van der Waals surface area (Å²) in [6, 6.07) is 8.35. The van der Waals surface area contributed by atoms with E-state index in [9.17, 15) is 5.11 Å². The van der Waals surface area contributed by atoms with Gasteiger partial charge in [0.1, 0.15) is 0 Å². The zero-order chi connectivity index (χ0) is 11.1. The van der Waals surface area contributed by atoms with Crippen LogP contribution in [-0.4, -0.2) is 5.11 Å². The molecule has 1 aromatic carbocycles. The lowest BCUT2D eigenvalue weighted by Gasteiger charge is -2.37. The van der Waals surface area contributed by atoms with Gasteiger partial charge in [0.2, 0.25) is 0 Å². The second kappa shape index (κ2) is 3.64. The number of aliphatic hydroxyl groups is 1. The van der Waals surface area contributed by atoms with Crippen molar-refractivity contribution >= 4 is 0 Å². The van der Waals surface area contributed by atoms with Crippen LogP contribution < -0.4 is 0 Å². The average Bonchev–Trinajstić information content (AvgIpc) is 2.17. The van der Waals surface area contributed by atoms with Crippen LogP contribution in [-0.2, 0) is 5.60 Å². The molecule has 0 aromatic heterocycles. The smallest absolute Gasteiger partial charge is 0.0871 e. The van der Waals surface area contributed by atoms with E-state index in [2.05, 4.69) is 32.0 Å². The van der Waals surface area contributed by atoms with E-state index in [0.717, 1.165) is 18.4 Å². The molecule has 0 spiro atoms. The van der Waals surface area contributed by atoms with Gasteiger partial charge in [-0.25, -0.2) is 0 Å². The van der Waals surface area contributed by atoms with Crippen LogP contribution in [0, 0.1) is 5.92 Å². The van der Waals surface area contributed by atoms with Crippen molar-refractivity contribution in [2.45, 2.75) is 45.1 Å². The minimum absolute atomic E-state index is 0.612. The minimum Gasteiger partial charge on any atom is -0.385 e. The van der Waals surface area contributed by atoms with E-state index in [4.69, 9.17) is 0 Å². The normalized spacial score (nSPS) is 30.3. The molecule has 0 saturated heterocycles. The second-order valence-electron chi connectivity index (χ2n) is 5.25. The maximum atomic E-state index is 10.3. The molecule has 15 heavy (non-hydrogen) atoms. The number of fused-ring (bicyclic) bond motifs is 1. The maximum absolute atomic E-state index is 10.3. The Morgan fingerprint density at radius 2 is 2.00 bits per heavy atom. The Morgan fingerprint density at radius 1 is 1.33 bits per heavy atom. The summed E-state index contributed by atoms with van der Waals surface area (Å²) in [4.78, 5) is 0. The predicted molar refractivity (Wildman–Crippen MR) is 62.8 cm³/mol. The van der Waals surface area contributed by atoms with Crippen LogP contribution in [0.1, 0.15) is 50.7 Å². The van der Waals surface area contributed by atoms with Gasteiger partial charge in [0, 0.05) is 0 Å².